The summed E-state index contributed by atoms with van der Waals surface area (Å²) >= 11 is 0. The molecule has 0 saturated carbocycles. The first-order valence-corrected chi connectivity index (χ1v) is 25.2. The normalized spacial score (nSPS) is 19.1. The van der Waals surface area contributed by atoms with E-state index in [2.05, 4.69) is 36.2 Å². The summed E-state index contributed by atoms with van der Waals surface area (Å²) in [6.45, 7) is 2.57. The van der Waals surface area contributed by atoms with Crippen molar-refractivity contribution in [2.45, 2.75) is 49.9 Å². The molecule has 4 amide bonds. The van der Waals surface area contributed by atoms with Crippen molar-refractivity contribution in [2.24, 2.45) is 0 Å². The zero-order chi connectivity index (χ0) is 53.0. The Morgan fingerprint density at radius 3 is 1.17 bits per heavy atom. The highest BCUT2D eigenvalue weighted by Gasteiger charge is 2.36. The lowest BCUT2D eigenvalue weighted by Crippen LogP contribution is -2.39. The van der Waals surface area contributed by atoms with Gasteiger partial charge in [-0.2, -0.15) is 0 Å². The number of anilines is 4. The maximum Gasteiger partial charge on any atom is 0.253 e. The van der Waals surface area contributed by atoms with E-state index in [4.69, 9.17) is 17.7 Å². The lowest BCUT2D eigenvalue weighted by Gasteiger charge is -2.23. The van der Waals surface area contributed by atoms with Crippen molar-refractivity contribution in [1.82, 2.24) is 36.2 Å². The lowest BCUT2D eigenvalue weighted by molar-refractivity contribution is -0.121. The fourth-order valence-electron chi connectivity index (χ4n) is 9.84. The van der Waals surface area contributed by atoms with Crippen LogP contribution < -0.4 is 40.9 Å². The number of furan rings is 4. The largest absolute Gasteiger partial charge is 0.467 e. The molecular formula is C57H61N11O8. The molecule has 4 aliphatic heterocycles. The van der Waals surface area contributed by atoms with Crippen LogP contribution in [0.4, 0.5) is 22.9 Å². The standard InChI is InChI=1S/C15H16N2O2.3C14H15N3O2/c1-16-13-14-11(8-10-19-14)7-9-17(15(13)18)12-5-3-2-4-6-12;1-15-12-13-10(5-9-19-13)4-8-17(14(12)18)11-2-6-16-7-3-11;1-15-12-13-10(5-8-19-13)4-7-17(14(12)18)11-3-2-6-16-9-11;1-15-12-13-10(6-9-19-13)5-8-17(14(12)18)11-4-2-3-7-16-11/h2-6,8,10,13,16H,7,9H2,1H3;2-3,5-7,9,12,15H,4,8H2,1H3;2-3,5-6,8-9,12,15H,4,7H2,1H3;2-4,6-7,9,12,15H,5,8H2,1H3. The van der Waals surface area contributed by atoms with E-state index in [1.54, 1.807) is 98.9 Å². The first kappa shape index (κ1) is 52.4. The van der Waals surface area contributed by atoms with Crippen LogP contribution in [0.5, 0.6) is 0 Å². The van der Waals surface area contributed by atoms with Crippen molar-refractivity contribution in [2.75, 3.05) is 74.0 Å². The lowest BCUT2D eigenvalue weighted by atomic mass is 10.1. The Hall–Kier alpha value is -8.49. The number of benzene rings is 1. The number of para-hydroxylation sites is 1. The minimum absolute atomic E-state index is 0.00222. The average Bonchev–Trinajstić information content (AvgIpc) is 4.28. The van der Waals surface area contributed by atoms with Gasteiger partial charge in [0.2, 0.25) is 0 Å². The number of rotatable bonds is 8. The second-order valence-corrected chi connectivity index (χ2v) is 18.0. The van der Waals surface area contributed by atoms with Gasteiger partial charge in [-0.15, -0.1) is 0 Å². The van der Waals surface area contributed by atoms with Crippen LogP contribution in [-0.2, 0) is 44.9 Å². The van der Waals surface area contributed by atoms with Crippen LogP contribution in [0.3, 0.4) is 0 Å². The maximum atomic E-state index is 12.6. The second kappa shape index (κ2) is 24.7. The molecule has 19 nitrogen and oxygen atoms in total. The molecule has 4 atom stereocenters. The number of hydrogen-bond acceptors (Lipinski definition) is 15. The molecule has 7 aromatic heterocycles. The summed E-state index contributed by atoms with van der Waals surface area (Å²) < 4.78 is 21.9. The maximum absolute atomic E-state index is 12.6. The van der Waals surface area contributed by atoms with Gasteiger partial charge in [-0.3, -0.25) is 34.0 Å². The monoisotopic (exact) mass is 1030 g/mol. The molecule has 76 heavy (non-hydrogen) atoms. The number of pyridine rings is 3. The molecule has 8 aromatic rings. The van der Waals surface area contributed by atoms with Crippen LogP contribution >= 0.6 is 0 Å². The van der Waals surface area contributed by atoms with Gasteiger partial charge in [0.15, 0.2) is 0 Å². The Kier molecular flexibility index (Phi) is 17.0. The van der Waals surface area contributed by atoms with Crippen molar-refractivity contribution >= 4 is 46.5 Å². The van der Waals surface area contributed by atoms with E-state index >= 15 is 0 Å². The van der Waals surface area contributed by atoms with E-state index < -0.39 is 24.2 Å². The summed E-state index contributed by atoms with van der Waals surface area (Å²) in [5.74, 6) is 3.57. The van der Waals surface area contributed by atoms with E-state index in [0.717, 1.165) is 82.3 Å². The zero-order valence-electron chi connectivity index (χ0n) is 42.8. The number of nitrogens with one attached hydrogen (secondary N) is 4. The van der Waals surface area contributed by atoms with Crippen molar-refractivity contribution in [3.05, 3.63) is 198 Å². The number of carbonyl (C=O) groups is 4. The number of fused-ring (bicyclic) bond motifs is 4. The van der Waals surface area contributed by atoms with Gasteiger partial charge in [0.05, 0.1) is 36.9 Å². The number of carbonyl (C=O) groups excluding carboxylic acids is 4. The van der Waals surface area contributed by atoms with Crippen LogP contribution in [0.25, 0.3) is 0 Å². The summed E-state index contributed by atoms with van der Waals surface area (Å²) in [5, 5.41) is 12.1. The molecule has 0 bridgehead atoms. The van der Waals surface area contributed by atoms with E-state index in [-0.39, 0.29) is 23.6 Å². The van der Waals surface area contributed by atoms with Gasteiger partial charge >= 0.3 is 0 Å². The summed E-state index contributed by atoms with van der Waals surface area (Å²) in [6.07, 6.45) is 18.2. The van der Waals surface area contributed by atoms with E-state index in [1.807, 2.05) is 102 Å². The van der Waals surface area contributed by atoms with Crippen molar-refractivity contribution in [3.8, 4) is 0 Å². The number of aromatic nitrogens is 3. The van der Waals surface area contributed by atoms with Gasteiger partial charge in [0.1, 0.15) is 53.0 Å². The van der Waals surface area contributed by atoms with Crippen molar-refractivity contribution in [3.63, 3.8) is 0 Å². The number of hydrogen-bond donors (Lipinski definition) is 4. The van der Waals surface area contributed by atoms with Crippen LogP contribution in [-0.4, -0.2) is 93.0 Å². The molecule has 392 valence electrons. The minimum atomic E-state index is -0.450. The third-order valence-electron chi connectivity index (χ3n) is 13.7. The number of likely N-dealkylation sites (N-methyl/N-ethyl adjacent to an activating group) is 4. The fourth-order valence-corrected chi connectivity index (χ4v) is 9.84. The van der Waals surface area contributed by atoms with Gasteiger partial charge in [-0.05, 0) is 149 Å². The Balaban J connectivity index is 0.000000124. The summed E-state index contributed by atoms with van der Waals surface area (Å²) in [4.78, 5) is 69.8. The first-order chi connectivity index (χ1) is 37.2. The Morgan fingerprint density at radius 1 is 0.395 bits per heavy atom. The Bertz CT molecular complexity index is 2740. The molecule has 19 heteroatoms. The molecule has 12 rings (SSSR count). The molecule has 0 saturated heterocycles. The van der Waals surface area contributed by atoms with Crippen LogP contribution in [0.1, 0.15) is 69.5 Å². The highest BCUT2D eigenvalue weighted by molar-refractivity contribution is 6.00. The summed E-state index contributed by atoms with van der Waals surface area (Å²) in [5.41, 5.74) is 6.96. The highest BCUT2D eigenvalue weighted by atomic mass is 16.3. The molecule has 0 radical (unpaired) electrons. The van der Waals surface area contributed by atoms with Gasteiger partial charge in [0.25, 0.3) is 23.6 Å². The quantitative estimate of drug-likeness (QED) is 0.124. The third kappa shape index (κ3) is 11.3. The van der Waals surface area contributed by atoms with Crippen LogP contribution in [0.15, 0.2) is 171 Å². The molecule has 0 aliphatic carbocycles. The molecule has 0 fully saturated rings. The van der Waals surface area contributed by atoms with Crippen molar-refractivity contribution < 1.29 is 36.8 Å². The van der Waals surface area contributed by atoms with Gasteiger partial charge < -0.3 is 53.6 Å². The molecule has 0 spiro atoms. The minimum Gasteiger partial charge on any atom is -0.467 e. The average molecular weight is 1030 g/mol. The molecule has 4 unspecified atom stereocenters. The third-order valence-corrected chi connectivity index (χ3v) is 13.7. The van der Waals surface area contributed by atoms with Gasteiger partial charge in [-0.1, -0.05) is 24.3 Å². The number of nitrogens with zero attached hydrogens (tertiary/aromatic N) is 7. The zero-order valence-corrected chi connectivity index (χ0v) is 42.8. The predicted molar refractivity (Wildman–Crippen MR) is 285 cm³/mol. The van der Waals surface area contributed by atoms with E-state index in [9.17, 15) is 19.2 Å². The summed E-state index contributed by atoms with van der Waals surface area (Å²) in [7, 11) is 7.08. The predicted octanol–water partition coefficient (Wildman–Crippen LogP) is 6.70. The summed E-state index contributed by atoms with van der Waals surface area (Å²) in [6, 6.07) is 28.7. The molecule has 1 aromatic carbocycles. The SMILES string of the molecule is CNC1C(=O)N(c2ccccc2)CCc2ccoc21.CNC1C(=O)N(c2ccccn2)CCc2ccoc21.CNC1C(=O)N(c2cccnc2)CCc2ccoc21.CNC1C(=O)N(c2ccncc2)CCc2ccoc21. The van der Waals surface area contributed by atoms with Crippen LogP contribution in [0.2, 0.25) is 0 Å². The second-order valence-electron chi connectivity index (χ2n) is 18.0. The number of amides is 4. The van der Waals surface area contributed by atoms with Gasteiger partial charge in [-0.25, -0.2) is 4.98 Å². The topological polar surface area (TPSA) is 221 Å². The fraction of sp³-hybridized carbons (Fsp3) is 0.281. The van der Waals surface area contributed by atoms with Crippen molar-refractivity contribution in [1.29, 1.82) is 0 Å². The highest BCUT2D eigenvalue weighted by Crippen LogP contribution is 2.32. The van der Waals surface area contributed by atoms with E-state index in [0.29, 0.717) is 37.8 Å². The van der Waals surface area contributed by atoms with E-state index in [1.165, 1.54) is 0 Å². The first-order valence-electron chi connectivity index (χ1n) is 25.2. The molecule has 11 heterocycles. The molecular weight excluding hydrogens is 967 g/mol. The Labute approximate surface area is 440 Å². The van der Waals surface area contributed by atoms with Crippen LogP contribution in [0, 0.1) is 0 Å². The Morgan fingerprint density at radius 2 is 0.776 bits per heavy atom. The molecule has 4 aliphatic rings. The molecule has 4 N–H and O–H groups in total. The van der Waals surface area contributed by atoms with Gasteiger partial charge in [0, 0.05) is 62.3 Å². The smallest absolute Gasteiger partial charge is 0.253 e.